The molecule has 1 aliphatic heterocycles. The third-order valence-electron chi connectivity index (χ3n) is 4.88. The quantitative estimate of drug-likeness (QED) is 0.755. The van der Waals surface area contributed by atoms with Crippen LogP contribution < -0.4 is 15.0 Å². The molecule has 0 aliphatic carbocycles. The Hall–Kier alpha value is -2.44. The van der Waals surface area contributed by atoms with Gasteiger partial charge in [0.1, 0.15) is 10.7 Å². The fourth-order valence-electron chi connectivity index (χ4n) is 3.36. The lowest BCUT2D eigenvalue weighted by Crippen LogP contribution is -3.12. The SMILES string of the molecule is Cc1cc(C)cc(NC(=O)COc2ccc(C(=S)N3CC[NH+](C)CC3)cc2)c1. The minimum absolute atomic E-state index is 0.0297. The predicted molar refractivity (Wildman–Crippen MR) is 116 cm³/mol. The summed E-state index contributed by atoms with van der Waals surface area (Å²) in [4.78, 5) is 16.8. The molecule has 0 spiro atoms. The number of quaternary nitrogens is 1. The van der Waals surface area contributed by atoms with Crippen molar-refractivity contribution in [1.29, 1.82) is 0 Å². The van der Waals surface area contributed by atoms with E-state index in [0.29, 0.717) is 5.75 Å². The number of likely N-dealkylation sites (N-methyl/N-ethyl adjacent to an activating group) is 1. The highest BCUT2D eigenvalue weighted by molar-refractivity contribution is 7.80. The molecule has 1 amide bonds. The van der Waals surface area contributed by atoms with Crippen molar-refractivity contribution in [3.63, 3.8) is 0 Å². The number of amides is 1. The Morgan fingerprint density at radius 3 is 2.32 bits per heavy atom. The van der Waals surface area contributed by atoms with E-state index in [1.807, 2.05) is 50.2 Å². The molecule has 2 aromatic rings. The lowest BCUT2D eigenvalue weighted by molar-refractivity contribution is -0.883. The van der Waals surface area contributed by atoms with Crippen molar-refractivity contribution in [2.45, 2.75) is 13.8 Å². The van der Waals surface area contributed by atoms with Gasteiger partial charge in [-0.25, -0.2) is 0 Å². The van der Waals surface area contributed by atoms with E-state index in [-0.39, 0.29) is 12.5 Å². The van der Waals surface area contributed by atoms with Crippen LogP contribution in [0.2, 0.25) is 0 Å². The minimum atomic E-state index is -0.176. The Morgan fingerprint density at radius 2 is 1.71 bits per heavy atom. The van der Waals surface area contributed by atoms with E-state index in [4.69, 9.17) is 17.0 Å². The molecule has 2 aromatic carbocycles. The maximum Gasteiger partial charge on any atom is 0.262 e. The Morgan fingerprint density at radius 1 is 1.11 bits per heavy atom. The van der Waals surface area contributed by atoms with Gasteiger partial charge in [0.2, 0.25) is 0 Å². The minimum Gasteiger partial charge on any atom is -0.484 e. The van der Waals surface area contributed by atoms with Gasteiger partial charge in [0.15, 0.2) is 6.61 Å². The molecule has 148 valence electrons. The molecule has 1 saturated heterocycles. The summed E-state index contributed by atoms with van der Waals surface area (Å²) in [5.41, 5.74) is 4.04. The lowest BCUT2D eigenvalue weighted by atomic mass is 10.1. The Balaban J connectivity index is 1.51. The second-order valence-electron chi connectivity index (χ2n) is 7.49. The summed E-state index contributed by atoms with van der Waals surface area (Å²) in [6.45, 7) is 8.18. The summed E-state index contributed by atoms with van der Waals surface area (Å²) in [5, 5.41) is 2.88. The van der Waals surface area contributed by atoms with Crippen LogP contribution in [0.5, 0.6) is 5.75 Å². The van der Waals surface area contributed by atoms with Gasteiger partial charge in [-0.05, 0) is 61.4 Å². The molecule has 2 N–H and O–H groups in total. The van der Waals surface area contributed by atoms with Crippen molar-refractivity contribution in [2.24, 2.45) is 0 Å². The van der Waals surface area contributed by atoms with Crippen molar-refractivity contribution in [3.8, 4) is 5.75 Å². The van der Waals surface area contributed by atoms with Gasteiger partial charge in [-0.2, -0.15) is 0 Å². The number of anilines is 1. The van der Waals surface area contributed by atoms with Crippen LogP contribution in [0.4, 0.5) is 5.69 Å². The second kappa shape index (κ2) is 9.17. The molecule has 0 aromatic heterocycles. The van der Waals surface area contributed by atoms with Crippen LogP contribution in [-0.2, 0) is 4.79 Å². The van der Waals surface area contributed by atoms with Crippen molar-refractivity contribution in [2.75, 3.05) is 45.2 Å². The molecule has 1 heterocycles. The molecule has 28 heavy (non-hydrogen) atoms. The molecular formula is C22H28N3O2S+. The third-order valence-corrected chi connectivity index (χ3v) is 5.37. The van der Waals surface area contributed by atoms with Crippen LogP contribution >= 0.6 is 12.2 Å². The first kappa shape index (κ1) is 20.3. The van der Waals surface area contributed by atoms with E-state index in [1.165, 1.54) is 0 Å². The van der Waals surface area contributed by atoms with Gasteiger partial charge < -0.3 is 19.9 Å². The third kappa shape index (κ3) is 5.53. The molecule has 0 radical (unpaired) electrons. The number of hydrogen-bond donors (Lipinski definition) is 2. The highest BCUT2D eigenvalue weighted by atomic mass is 32.1. The maximum absolute atomic E-state index is 12.2. The highest BCUT2D eigenvalue weighted by Gasteiger charge is 2.19. The Bertz CT molecular complexity index is 823. The topological polar surface area (TPSA) is 46.0 Å². The van der Waals surface area contributed by atoms with Crippen molar-refractivity contribution in [3.05, 3.63) is 59.2 Å². The van der Waals surface area contributed by atoms with E-state index >= 15 is 0 Å². The molecular weight excluding hydrogens is 370 g/mol. The van der Waals surface area contributed by atoms with E-state index in [2.05, 4.69) is 23.3 Å². The van der Waals surface area contributed by atoms with E-state index in [1.54, 1.807) is 4.90 Å². The second-order valence-corrected chi connectivity index (χ2v) is 7.87. The number of thiocarbonyl (C=S) groups is 1. The zero-order valence-corrected chi connectivity index (χ0v) is 17.6. The summed E-state index contributed by atoms with van der Waals surface area (Å²) >= 11 is 5.63. The lowest BCUT2D eigenvalue weighted by Gasteiger charge is -2.32. The molecule has 0 unspecified atom stereocenters. The number of rotatable bonds is 5. The van der Waals surface area contributed by atoms with E-state index in [9.17, 15) is 4.79 Å². The van der Waals surface area contributed by atoms with Gasteiger partial charge in [-0.1, -0.05) is 18.3 Å². The average Bonchev–Trinajstić information content (AvgIpc) is 2.66. The summed E-state index contributed by atoms with van der Waals surface area (Å²) < 4.78 is 5.62. The number of piperazine rings is 1. The van der Waals surface area contributed by atoms with Gasteiger partial charge >= 0.3 is 0 Å². The predicted octanol–water partition coefficient (Wildman–Crippen LogP) is 1.83. The number of carbonyl (C=O) groups excluding carboxylic acids is 1. The fourth-order valence-corrected chi connectivity index (χ4v) is 3.68. The Kier molecular flexibility index (Phi) is 6.65. The van der Waals surface area contributed by atoms with Crippen LogP contribution in [-0.4, -0.2) is 55.6 Å². The fraction of sp³-hybridized carbons (Fsp3) is 0.364. The molecule has 3 rings (SSSR count). The van der Waals surface area contributed by atoms with Gasteiger partial charge in [0.05, 0.1) is 33.2 Å². The molecule has 0 saturated carbocycles. The normalized spacial score (nSPS) is 14.6. The molecule has 5 nitrogen and oxygen atoms in total. The molecule has 0 bridgehead atoms. The zero-order chi connectivity index (χ0) is 20.1. The summed E-state index contributed by atoms with van der Waals surface area (Å²) in [7, 11) is 2.21. The monoisotopic (exact) mass is 398 g/mol. The molecule has 1 fully saturated rings. The molecule has 1 aliphatic rings. The standard InChI is InChI=1S/C22H27N3O2S/c1-16-12-17(2)14-19(13-16)23-21(26)15-27-20-6-4-18(5-7-20)22(28)25-10-8-24(3)9-11-25/h4-7,12-14H,8-11,15H2,1-3H3,(H,23,26)/p+1. The smallest absolute Gasteiger partial charge is 0.262 e. The molecule has 6 heteroatoms. The van der Waals surface area contributed by atoms with Crippen molar-refractivity contribution < 1.29 is 14.4 Å². The van der Waals surface area contributed by atoms with Gasteiger partial charge in [-0.3, -0.25) is 4.79 Å². The van der Waals surface area contributed by atoms with E-state index < -0.39 is 0 Å². The first-order valence-corrected chi connectivity index (χ1v) is 10.0. The number of aryl methyl sites for hydroxylation is 2. The summed E-state index contributed by atoms with van der Waals surface area (Å²) in [5.74, 6) is 0.481. The number of nitrogens with zero attached hydrogens (tertiary/aromatic N) is 1. The van der Waals surface area contributed by atoms with Crippen LogP contribution in [0, 0.1) is 13.8 Å². The van der Waals surface area contributed by atoms with E-state index in [0.717, 1.165) is 53.5 Å². The average molecular weight is 399 g/mol. The van der Waals surface area contributed by atoms with Gasteiger partial charge in [-0.15, -0.1) is 0 Å². The summed E-state index contributed by atoms with van der Waals surface area (Å²) in [6.07, 6.45) is 0. The number of carbonyl (C=O) groups is 1. The van der Waals surface area contributed by atoms with Crippen molar-refractivity contribution in [1.82, 2.24) is 4.90 Å². The Labute approximate surface area is 172 Å². The molecule has 0 atom stereocenters. The largest absolute Gasteiger partial charge is 0.484 e. The number of nitrogens with one attached hydrogen (secondary N) is 2. The first-order chi connectivity index (χ1) is 13.4. The van der Waals surface area contributed by atoms with Crippen LogP contribution in [0.1, 0.15) is 16.7 Å². The summed E-state index contributed by atoms with van der Waals surface area (Å²) in [6, 6.07) is 13.6. The zero-order valence-electron chi connectivity index (χ0n) is 16.7. The van der Waals surface area contributed by atoms with Crippen LogP contribution in [0.3, 0.4) is 0 Å². The number of benzene rings is 2. The van der Waals surface area contributed by atoms with Gasteiger partial charge in [0.25, 0.3) is 5.91 Å². The van der Waals surface area contributed by atoms with Crippen molar-refractivity contribution >= 4 is 28.8 Å². The first-order valence-electron chi connectivity index (χ1n) is 9.62. The van der Waals surface area contributed by atoms with Crippen LogP contribution in [0.25, 0.3) is 0 Å². The highest BCUT2D eigenvalue weighted by Crippen LogP contribution is 2.16. The van der Waals surface area contributed by atoms with Crippen LogP contribution in [0.15, 0.2) is 42.5 Å². The number of ether oxygens (including phenoxy) is 1. The number of hydrogen-bond acceptors (Lipinski definition) is 3. The maximum atomic E-state index is 12.2. The van der Waals surface area contributed by atoms with Gasteiger partial charge in [0, 0.05) is 11.3 Å².